The lowest BCUT2D eigenvalue weighted by Crippen LogP contribution is -2.31. The van der Waals surface area contributed by atoms with Crippen LogP contribution in [-0.4, -0.2) is 36.7 Å². The Morgan fingerprint density at radius 3 is 2.44 bits per heavy atom. The summed E-state index contributed by atoms with van der Waals surface area (Å²) in [6.45, 7) is 2.41. The maximum Gasteiger partial charge on any atom is 0.270 e. The van der Waals surface area contributed by atoms with Gasteiger partial charge < -0.3 is 15.5 Å². The summed E-state index contributed by atoms with van der Waals surface area (Å²) in [6.07, 6.45) is 4.88. The number of aromatic nitrogens is 1. The van der Waals surface area contributed by atoms with Crippen molar-refractivity contribution in [2.45, 2.75) is 32.2 Å². The molecule has 27 heavy (non-hydrogen) atoms. The van der Waals surface area contributed by atoms with Gasteiger partial charge >= 0.3 is 0 Å². The molecule has 0 spiro atoms. The average Bonchev–Trinajstić information content (AvgIpc) is 3.01. The van der Waals surface area contributed by atoms with E-state index in [9.17, 15) is 4.79 Å². The number of nitrogens with zero attached hydrogens (tertiary/aromatic N) is 2. The number of nitrogens with one attached hydrogen (secondary N) is 3. The van der Waals surface area contributed by atoms with Crippen LogP contribution in [0.15, 0.2) is 42.5 Å². The molecule has 0 saturated carbocycles. The molecule has 1 aliphatic rings. The highest BCUT2D eigenvalue weighted by molar-refractivity contribution is 6.45. The zero-order valence-electron chi connectivity index (χ0n) is 15.8. The van der Waals surface area contributed by atoms with Gasteiger partial charge in [-0.3, -0.25) is 10.2 Å². The van der Waals surface area contributed by atoms with E-state index in [0.717, 1.165) is 24.5 Å². The molecule has 1 aliphatic heterocycles. The zero-order valence-corrected chi connectivity index (χ0v) is 15.8. The fourth-order valence-electron chi connectivity index (χ4n) is 3.31. The van der Waals surface area contributed by atoms with E-state index in [0.29, 0.717) is 17.9 Å². The van der Waals surface area contributed by atoms with Crippen molar-refractivity contribution in [3.05, 3.63) is 53.6 Å². The van der Waals surface area contributed by atoms with Crippen LogP contribution in [-0.2, 0) is 11.3 Å². The molecule has 6 nitrogen and oxygen atoms in total. The first-order valence-electron chi connectivity index (χ1n) is 9.54. The minimum Gasteiger partial charge on any atom is -0.373 e. The van der Waals surface area contributed by atoms with E-state index in [1.807, 2.05) is 42.5 Å². The molecule has 142 valence electrons. The van der Waals surface area contributed by atoms with Crippen LogP contribution in [0.25, 0.3) is 0 Å². The standard InChI is InChI=1S/C21H27N5O/c1-23-20-17(11-12-18(25-20)26-13-7-2-3-8-14-26)19(22)21(27)24-15-16-9-5-4-6-10-16/h4-6,9-12,22H,2-3,7-8,13-15H2,1H3,(H,23,25)(H,24,27). The molecular formula is C21H27N5O. The van der Waals surface area contributed by atoms with Gasteiger partial charge in [-0.1, -0.05) is 43.2 Å². The lowest BCUT2D eigenvalue weighted by molar-refractivity contribution is -0.114. The van der Waals surface area contributed by atoms with Crippen LogP contribution < -0.4 is 15.5 Å². The number of hydrogen-bond donors (Lipinski definition) is 3. The summed E-state index contributed by atoms with van der Waals surface area (Å²) in [5, 5.41) is 14.1. The Labute approximate surface area is 160 Å². The van der Waals surface area contributed by atoms with Crippen molar-refractivity contribution < 1.29 is 4.79 Å². The van der Waals surface area contributed by atoms with E-state index in [4.69, 9.17) is 5.41 Å². The van der Waals surface area contributed by atoms with Gasteiger partial charge in [0.15, 0.2) is 0 Å². The Morgan fingerprint density at radius 2 is 1.78 bits per heavy atom. The number of amides is 1. The van der Waals surface area contributed by atoms with Gasteiger partial charge in [0, 0.05) is 32.2 Å². The van der Waals surface area contributed by atoms with Gasteiger partial charge in [-0.15, -0.1) is 0 Å². The molecule has 0 aliphatic carbocycles. The summed E-state index contributed by atoms with van der Waals surface area (Å²) < 4.78 is 0. The monoisotopic (exact) mass is 365 g/mol. The quantitative estimate of drug-likeness (QED) is 0.687. The summed E-state index contributed by atoms with van der Waals surface area (Å²) in [5.74, 6) is 1.07. The number of pyridine rings is 1. The summed E-state index contributed by atoms with van der Waals surface area (Å²) in [4.78, 5) is 19.4. The third-order valence-corrected chi connectivity index (χ3v) is 4.84. The summed E-state index contributed by atoms with van der Waals surface area (Å²) in [7, 11) is 1.77. The minimum absolute atomic E-state index is 0.0785. The molecule has 0 unspecified atom stereocenters. The molecule has 3 rings (SSSR count). The number of benzene rings is 1. The van der Waals surface area contributed by atoms with E-state index in [-0.39, 0.29) is 5.71 Å². The van der Waals surface area contributed by atoms with Gasteiger partial charge in [0.05, 0.1) is 0 Å². The smallest absolute Gasteiger partial charge is 0.270 e. The molecule has 1 amide bonds. The van der Waals surface area contributed by atoms with Crippen molar-refractivity contribution in [1.29, 1.82) is 5.41 Å². The highest BCUT2D eigenvalue weighted by Crippen LogP contribution is 2.22. The first-order valence-corrected chi connectivity index (χ1v) is 9.54. The van der Waals surface area contributed by atoms with Crippen molar-refractivity contribution in [2.75, 3.05) is 30.4 Å². The second-order valence-electron chi connectivity index (χ2n) is 6.76. The number of carbonyl (C=O) groups is 1. The van der Waals surface area contributed by atoms with Crippen LogP contribution in [0.2, 0.25) is 0 Å². The van der Waals surface area contributed by atoms with Gasteiger partial charge in [0.2, 0.25) is 0 Å². The Morgan fingerprint density at radius 1 is 1.07 bits per heavy atom. The third kappa shape index (κ3) is 4.84. The van der Waals surface area contributed by atoms with Gasteiger partial charge in [-0.05, 0) is 30.5 Å². The average molecular weight is 365 g/mol. The maximum absolute atomic E-state index is 12.4. The third-order valence-electron chi connectivity index (χ3n) is 4.84. The number of anilines is 2. The Hall–Kier alpha value is -2.89. The Kier molecular flexibility index (Phi) is 6.41. The second kappa shape index (κ2) is 9.16. The molecule has 0 bridgehead atoms. The van der Waals surface area contributed by atoms with E-state index in [1.165, 1.54) is 25.7 Å². The lowest BCUT2D eigenvalue weighted by atomic mass is 10.1. The summed E-state index contributed by atoms with van der Waals surface area (Å²) >= 11 is 0. The van der Waals surface area contributed by atoms with E-state index in [1.54, 1.807) is 7.05 Å². The summed E-state index contributed by atoms with van der Waals surface area (Å²) in [6, 6.07) is 13.4. The van der Waals surface area contributed by atoms with Gasteiger partial charge in [-0.2, -0.15) is 0 Å². The fraction of sp³-hybridized carbons (Fsp3) is 0.381. The van der Waals surface area contributed by atoms with Crippen molar-refractivity contribution in [1.82, 2.24) is 10.3 Å². The van der Waals surface area contributed by atoms with Crippen LogP contribution in [0, 0.1) is 5.41 Å². The molecule has 1 saturated heterocycles. The van der Waals surface area contributed by atoms with Crippen LogP contribution in [0.5, 0.6) is 0 Å². The van der Waals surface area contributed by atoms with E-state index < -0.39 is 5.91 Å². The number of hydrogen-bond acceptors (Lipinski definition) is 5. The predicted molar refractivity (Wildman–Crippen MR) is 110 cm³/mol. The van der Waals surface area contributed by atoms with Crippen molar-refractivity contribution >= 4 is 23.3 Å². The Bertz CT molecular complexity index is 782. The highest BCUT2D eigenvalue weighted by Gasteiger charge is 2.18. The largest absolute Gasteiger partial charge is 0.373 e. The molecule has 6 heteroatoms. The number of carbonyl (C=O) groups excluding carboxylic acids is 1. The van der Waals surface area contributed by atoms with Crippen molar-refractivity contribution in [3.8, 4) is 0 Å². The first-order chi connectivity index (χ1) is 13.2. The predicted octanol–water partition coefficient (Wildman–Crippen LogP) is 3.19. The summed E-state index contributed by atoms with van der Waals surface area (Å²) in [5.41, 5.74) is 1.44. The topological polar surface area (TPSA) is 81.1 Å². The van der Waals surface area contributed by atoms with Crippen LogP contribution >= 0.6 is 0 Å². The zero-order chi connectivity index (χ0) is 19.1. The first kappa shape index (κ1) is 18.9. The molecule has 3 N–H and O–H groups in total. The van der Waals surface area contributed by atoms with Gasteiger partial charge in [0.1, 0.15) is 17.3 Å². The van der Waals surface area contributed by atoms with E-state index >= 15 is 0 Å². The fourth-order valence-corrected chi connectivity index (χ4v) is 3.31. The maximum atomic E-state index is 12.4. The molecule has 0 atom stereocenters. The number of rotatable bonds is 6. The van der Waals surface area contributed by atoms with Crippen molar-refractivity contribution in [3.63, 3.8) is 0 Å². The van der Waals surface area contributed by atoms with Crippen molar-refractivity contribution in [2.24, 2.45) is 0 Å². The van der Waals surface area contributed by atoms with Crippen LogP contribution in [0.1, 0.15) is 36.8 Å². The molecule has 1 aromatic carbocycles. The lowest BCUT2D eigenvalue weighted by Gasteiger charge is -2.22. The SMILES string of the molecule is CNc1nc(N2CCCCCC2)ccc1C(=N)C(=O)NCc1ccccc1. The Balaban J connectivity index is 1.70. The molecule has 2 heterocycles. The van der Waals surface area contributed by atoms with Gasteiger partial charge in [-0.25, -0.2) is 4.98 Å². The van der Waals surface area contributed by atoms with Crippen LogP contribution in [0.3, 0.4) is 0 Å². The van der Waals surface area contributed by atoms with Gasteiger partial charge in [0.25, 0.3) is 5.91 Å². The molecule has 0 radical (unpaired) electrons. The molecule has 1 aromatic heterocycles. The van der Waals surface area contributed by atoms with E-state index in [2.05, 4.69) is 20.5 Å². The minimum atomic E-state index is -0.403. The van der Waals surface area contributed by atoms with Crippen LogP contribution in [0.4, 0.5) is 11.6 Å². The highest BCUT2D eigenvalue weighted by atomic mass is 16.1. The second-order valence-corrected chi connectivity index (χ2v) is 6.76. The molecule has 2 aromatic rings. The molecular weight excluding hydrogens is 338 g/mol. The molecule has 1 fully saturated rings. The normalized spacial score (nSPS) is 14.3.